The minimum absolute atomic E-state index is 0.307. The Balaban J connectivity index is 2.99. The molecule has 0 amide bonds. The molecule has 0 aliphatic rings. The first-order valence-electron chi connectivity index (χ1n) is 7.42. The average molecular weight is 277 g/mol. The monoisotopic (exact) mass is 276 g/mol. The van der Waals surface area contributed by atoms with Crippen molar-refractivity contribution in [3.8, 4) is 0 Å². The molecule has 0 heterocycles. The Morgan fingerprint density at radius 3 is 1.89 bits per heavy atom. The van der Waals surface area contributed by atoms with Crippen LogP contribution in [0.5, 0.6) is 0 Å². The van der Waals surface area contributed by atoms with E-state index < -0.39 is 0 Å². The van der Waals surface area contributed by atoms with Gasteiger partial charge in [-0.05, 0) is 31.0 Å². The van der Waals surface area contributed by atoms with Crippen molar-refractivity contribution in [2.24, 2.45) is 0 Å². The molecule has 0 atom stereocenters. The number of rotatable bonds is 13. The fraction of sp³-hybridized carbons (Fsp3) is 0.867. The van der Waals surface area contributed by atoms with E-state index in [1.54, 1.807) is 6.08 Å². The van der Waals surface area contributed by atoms with Gasteiger partial charge in [-0.2, -0.15) is 4.89 Å². The van der Waals surface area contributed by atoms with E-state index in [1.165, 1.54) is 57.8 Å². The van der Waals surface area contributed by atoms with Crippen LogP contribution in [-0.2, 0) is 9.78 Å². The van der Waals surface area contributed by atoms with E-state index in [9.17, 15) is 0 Å². The summed E-state index contributed by atoms with van der Waals surface area (Å²) < 4.78 is 0. The quantitative estimate of drug-likeness (QED) is 0.179. The van der Waals surface area contributed by atoms with Crippen molar-refractivity contribution in [2.45, 2.75) is 78.1 Å². The maximum Gasteiger partial charge on any atom is 0.227 e. The van der Waals surface area contributed by atoms with Crippen LogP contribution < -0.4 is 0 Å². The van der Waals surface area contributed by atoms with Gasteiger partial charge < -0.3 is 4.89 Å². The molecule has 108 valence electrons. The summed E-state index contributed by atoms with van der Waals surface area (Å²) in [4.78, 5) is 9.76. The molecule has 0 aromatic rings. The smallest absolute Gasteiger partial charge is 0.227 e. The molecule has 0 saturated carbocycles. The van der Waals surface area contributed by atoms with Gasteiger partial charge >= 0.3 is 0 Å². The van der Waals surface area contributed by atoms with Crippen molar-refractivity contribution in [3.63, 3.8) is 0 Å². The molecule has 0 aromatic carbocycles. The maximum absolute atomic E-state index is 5.61. The number of allylic oxidation sites excluding steroid dienone is 1. The lowest BCUT2D eigenvalue weighted by atomic mass is 10.1. The van der Waals surface area contributed by atoms with Crippen molar-refractivity contribution in [1.82, 2.24) is 0 Å². The molecule has 0 saturated heterocycles. The number of hydrogen-bond acceptors (Lipinski definition) is 2. The minimum Gasteiger partial charge on any atom is -0.325 e. The van der Waals surface area contributed by atoms with E-state index in [0.29, 0.717) is 11.8 Å². The molecule has 0 aromatic heterocycles. The lowest BCUT2D eigenvalue weighted by molar-refractivity contribution is -0.254. The van der Waals surface area contributed by atoms with Crippen LogP contribution in [0.15, 0.2) is 11.3 Å². The van der Waals surface area contributed by atoms with Gasteiger partial charge in [-0.25, -0.2) is 0 Å². The normalized spacial score (nSPS) is 11.8. The van der Waals surface area contributed by atoms with Gasteiger partial charge in [0.25, 0.3) is 0 Å². The second-order valence-electron chi connectivity index (χ2n) is 4.68. The first-order valence-corrected chi connectivity index (χ1v) is 7.80. The molecular formula is C15H29ClO2. The highest BCUT2D eigenvalue weighted by molar-refractivity contribution is 6.28. The Kier molecular flexibility index (Phi) is 14.7. The Morgan fingerprint density at radius 1 is 0.889 bits per heavy atom. The molecule has 0 bridgehead atoms. The second-order valence-corrected chi connectivity index (χ2v) is 5.05. The Hall–Kier alpha value is -0.210. The van der Waals surface area contributed by atoms with Crippen LogP contribution in [-0.4, -0.2) is 6.61 Å². The van der Waals surface area contributed by atoms with Crippen LogP contribution in [0.25, 0.3) is 0 Å². The topological polar surface area (TPSA) is 18.5 Å². The molecule has 0 N–H and O–H groups in total. The highest BCUT2D eigenvalue weighted by atomic mass is 35.5. The third-order valence-corrected chi connectivity index (χ3v) is 3.23. The van der Waals surface area contributed by atoms with E-state index in [0.717, 1.165) is 6.42 Å². The van der Waals surface area contributed by atoms with Gasteiger partial charge in [0.2, 0.25) is 5.22 Å². The molecule has 0 aliphatic heterocycles. The molecule has 3 heteroatoms. The Bertz CT molecular complexity index is 193. The highest BCUT2D eigenvalue weighted by Crippen LogP contribution is 2.11. The van der Waals surface area contributed by atoms with Gasteiger partial charge in [-0.1, -0.05) is 64.7 Å². The van der Waals surface area contributed by atoms with Gasteiger partial charge in [0, 0.05) is 0 Å². The lowest BCUT2D eigenvalue weighted by Gasteiger charge is -2.03. The van der Waals surface area contributed by atoms with Crippen molar-refractivity contribution >= 4 is 11.6 Å². The molecule has 0 spiro atoms. The molecule has 18 heavy (non-hydrogen) atoms. The first-order chi connectivity index (χ1) is 8.81. The minimum atomic E-state index is 0.307. The second kappa shape index (κ2) is 14.8. The van der Waals surface area contributed by atoms with Crippen LogP contribution in [0.4, 0.5) is 0 Å². The zero-order chi connectivity index (χ0) is 13.5. The Labute approximate surface area is 118 Å². The third-order valence-electron chi connectivity index (χ3n) is 2.95. The van der Waals surface area contributed by atoms with E-state index in [2.05, 4.69) is 6.92 Å². The third kappa shape index (κ3) is 13.9. The number of hydrogen-bond donors (Lipinski definition) is 0. The highest BCUT2D eigenvalue weighted by Gasteiger charge is 1.94. The summed E-state index contributed by atoms with van der Waals surface area (Å²) in [6.07, 6.45) is 14.9. The predicted octanol–water partition coefficient (Wildman–Crippen LogP) is 5.96. The lowest BCUT2D eigenvalue weighted by Crippen LogP contribution is -1.94. The van der Waals surface area contributed by atoms with Crippen LogP contribution in [0.3, 0.4) is 0 Å². The van der Waals surface area contributed by atoms with Crippen molar-refractivity contribution in [1.29, 1.82) is 0 Å². The van der Waals surface area contributed by atoms with Crippen LogP contribution in [0.1, 0.15) is 78.1 Å². The van der Waals surface area contributed by atoms with Gasteiger partial charge in [0.1, 0.15) is 0 Å². The summed E-state index contributed by atoms with van der Waals surface area (Å²) >= 11 is 5.61. The standard InChI is InChI=1S/C15H29ClO2/c1-3-5-6-7-8-9-10-11-12-13-14-17-18-15(16)4-2/h4H,3,5-14H2,1-2H3. The summed E-state index contributed by atoms with van der Waals surface area (Å²) in [6.45, 7) is 4.70. The van der Waals surface area contributed by atoms with Crippen LogP contribution in [0, 0.1) is 0 Å². The van der Waals surface area contributed by atoms with Gasteiger partial charge in [0.15, 0.2) is 0 Å². The van der Waals surface area contributed by atoms with Gasteiger partial charge in [0.05, 0.1) is 6.61 Å². The SMILES string of the molecule is CC=C(Cl)OOCCCCCCCCCCCC. The van der Waals surface area contributed by atoms with E-state index in [4.69, 9.17) is 21.4 Å². The zero-order valence-corrected chi connectivity index (χ0v) is 12.8. The van der Waals surface area contributed by atoms with Crippen molar-refractivity contribution in [2.75, 3.05) is 6.61 Å². The van der Waals surface area contributed by atoms with Gasteiger partial charge in [-0.3, -0.25) is 0 Å². The summed E-state index contributed by atoms with van der Waals surface area (Å²) in [5, 5.41) is 0.307. The first kappa shape index (κ1) is 17.8. The van der Waals surface area contributed by atoms with Crippen LogP contribution in [0.2, 0.25) is 0 Å². The van der Waals surface area contributed by atoms with Crippen molar-refractivity contribution < 1.29 is 9.78 Å². The number of unbranched alkanes of at least 4 members (excludes halogenated alkanes) is 9. The fourth-order valence-electron chi connectivity index (χ4n) is 1.79. The summed E-state index contributed by atoms with van der Waals surface area (Å²) in [5.41, 5.74) is 0. The van der Waals surface area contributed by atoms with E-state index in [-0.39, 0.29) is 0 Å². The molecule has 0 aliphatic carbocycles. The molecule has 2 nitrogen and oxygen atoms in total. The predicted molar refractivity (Wildman–Crippen MR) is 78.5 cm³/mol. The Morgan fingerprint density at radius 2 is 1.39 bits per heavy atom. The molecular weight excluding hydrogens is 248 g/mol. The molecule has 0 fully saturated rings. The number of halogens is 1. The average Bonchev–Trinajstić information content (AvgIpc) is 2.39. The van der Waals surface area contributed by atoms with E-state index in [1.807, 2.05) is 6.92 Å². The zero-order valence-electron chi connectivity index (χ0n) is 12.0. The van der Waals surface area contributed by atoms with Crippen LogP contribution >= 0.6 is 11.6 Å². The molecule has 0 radical (unpaired) electrons. The molecule has 0 rings (SSSR count). The fourth-order valence-corrected chi connectivity index (χ4v) is 1.84. The summed E-state index contributed by atoms with van der Waals surface area (Å²) in [5.74, 6) is 0. The summed E-state index contributed by atoms with van der Waals surface area (Å²) in [6, 6.07) is 0. The van der Waals surface area contributed by atoms with E-state index >= 15 is 0 Å². The maximum atomic E-state index is 5.61. The van der Waals surface area contributed by atoms with Crippen molar-refractivity contribution in [3.05, 3.63) is 11.3 Å². The molecule has 0 unspecified atom stereocenters. The largest absolute Gasteiger partial charge is 0.325 e. The summed E-state index contributed by atoms with van der Waals surface area (Å²) in [7, 11) is 0. The van der Waals surface area contributed by atoms with Gasteiger partial charge in [-0.15, -0.1) is 0 Å².